The minimum absolute atomic E-state index is 0.312. The van der Waals surface area contributed by atoms with E-state index >= 15 is 0 Å². The molecule has 0 aromatic rings. The molecule has 0 heterocycles. The smallest absolute Gasteiger partial charge is 0.328 e. The van der Waals surface area contributed by atoms with Crippen LogP contribution in [0.4, 0.5) is 0 Å². The van der Waals surface area contributed by atoms with E-state index in [0.717, 1.165) is 0 Å². The van der Waals surface area contributed by atoms with Gasteiger partial charge in [-0.3, -0.25) is 4.57 Å². The van der Waals surface area contributed by atoms with E-state index in [1.165, 1.54) is 36.8 Å². The minimum atomic E-state index is -3.42. The van der Waals surface area contributed by atoms with Gasteiger partial charge in [0.2, 0.25) is 0 Å². The van der Waals surface area contributed by atoms with Crippen molar-refractivity contribution >= 4 is 30.9 Å². The molecule has 0 radical (unpaired) electrons. The van der Waals surface area contributed by atoms with E-state index in [1.54, 1.807) is 6.92 Å². The van der Waals surface area contributed by atoms with Crippen LogP contribution >= 0.6 is 30.9 Å². The molecule has 1 atom stereocenters. The van der Waals surface area contributed by atoms with Gasteiger partial charge in [-0.15, -0.1) is 23.2 Å². The van der Waals surface area contributed by atoms with E-state index in [9.17, 15) is 9.46 Å². The zero-order valence-electron chi connectivity index (χ0n) is 12.2. The molecule has 1 aliphatic carbocycles. The molecule has 0 saturated heterocycles. The fourth-order valence-corrected chi connectivity index (χ4v) is 4.02. The molecule has 4 N–H and O–H groups in total. The average Bonchev–Trinajstić information content (AvgIpc) is 2.40. The van der Waals surface area contributed by atoms with Gasteiger partial charge in [-0.25, -0.2) is 9.76 Å². The Bertz CT molecular complexity index is 273. The molecular formula is C12H28Cl2N3O2P. The zero-order valence-corrected chi connectivity index (χ0v) is 14.6. The highest BCUT2D eigenvalue weighted by atomic mass is 35.5. The molecule has 0 bridgehead atoms. The Morgan fingerprint density at radius 3 is 2.05 bits per heavy atom. The number of nitrogens with zero attached hydrogens (tertiary/aromatic N) is 1. The van der Waals surface area contributed by atoms with E-state index in [0.29, 0.717) is 37.4 Å². The van der Waals surface area contributed by atoms with Crippen molar-refractivity contribution in [1.29, 1.82) is 0 Å². The van der Waals surface area contributed by atoms with Crippen LogP contribution in [0.5, 0.6) is 0 Å². The summed E-state index contributed by atoms with van der Waals surface area (Å²) in [5.74, 6) is 0.625. The topological polar surface area (TPSA) is 78.6 Å². The van der Waals surface area contributed by atoms with Gasteiger partial charge in [0.05, 0.1) is 0 Å². The lowest BCUT2D eigenvalue weighted by atomic mass is 9.97. The third kappa shape index (κ3) is 9.56. The van der Waals surface area contributed by atoms with Gasteiger partial charge in [-0.05, 0) is 12.8 Å². The van der Waals surface area contributed by atoms with Crippen molar-refractivity contribution in [2.45, 2.75) is 45.1 Å². The third-order valence-corrected chi connectivity index (χ3v) is 5.32. The van der Waals surface area contributed by atoms with Crippen molar-refractivity contribution in [1.82, 2.24) is 9.76 Å². The average molecular weight is 348 g/mol. The largest absolute Gasteiger partial charge is 0.340 e. The number of rotatable bonds is 7. The maximum atomic E-state index is 11.5. The maximum absolute atomic E-state index is 11.5. The number of nitrogens with one attached hydrogen (secondary N) is 1. The van der Waals surface area contributed by atoms with Crippen LogP contribution in [0.2, 0.25) is 0 Å². The molecule has 5 nitrogen and oxygen atoms in total. The van der Waals surface area contributed by atoms with Crippen LogP contribution in [0, 0.1) is 0 Å². The van der Waals surface area contributed by atoms with E-state index in [-0.39, 0.29) is 0 Å². The summed E-state index contributed by atoms with van der Waals surface area (Å²) in [5.41, 5.74) is 5.63. The zero-order chi connectivity index (χ0) is 15.4. The lowest BCUT2D eigenvalue weighted by Gasteiger charge is -2.25. The Labute approximate surface area is 132 Å². The molecular weight excluding hydrogens is 320 g/mol. The lowest BCUT2D eigenvalue weighted by Crippen LogP contribution is -2.31. The summed E-state index contributed by atoms with van der Waals surface area (Å²) in [4.78, 5) is 9.49. The Kier molecular flexibility index (Phi) is 12.6. The van der Waals surface area contributed by atoms with Gasteiger partial charge in [-0.2, -0.15) is 0 Å². The second-order valence-corrected chi connectivity index (χ2v) is 7.51. The second-order valence-electron chi connectivity index (χ2n) is 4.79. The maximum Gasteiger partial charge on any atom is 0.340 e. The summed E-state index contributed by atoms with van der Waals surface area (Å²) < 4.78 is 12.9. The second kappa shape index (κ2) is 12.2. The van der Waals surface area contributed by atoms with Gasteiger partial charge < -0.3 is 10.6 Å². The van der Waals surface area contributed by atoms with E-state index in [1.807, 2.05) is 0 Å². The highest BCUT2D eigenvalue weighted by Gasteiger charge is 2.25. The Hall–Kier alpha value is 0.650. The van der Waals surface area contributed by atoms with E-state index < -0.39 is 7.67 Å². The highest BCUT2D eigenvalue weighted by molar-refractivity contribution is 7.53. The standard InChI is InChI=1S/C6H15Cl2N2O2P.C6H13N/c1-2-9-13(11,12)10(5-3-7)6-4-8;7-6-4-2-1-3-5-6/h2-6H2,1H3,(H2,9,11,12);6H,1-5,7H2. The Morgan fingerprint density at radius 2 is 1.75 bits per heavy atom. The van der Waals surface area contributed by atoms with Crippen molar-refractivity contribution in [2.24, 2.45) is 5.73 Å². The molecule has 122 valence electrons. The predicted molar refractivity (Wildman–Crippen MR) is 87.6 cm³/mol. The molecule has 8 heteroatoms. The lowest BCUT2D eigenvalue weighted by molar-refractivity contribution is 0.355. The molecule has 1 saturated carbocycles. The first-order chi connectivity index (χ1) is 9.47. The van der Waals surface area contributed by atoms with Gasteiger partial charge in [0, 0.05) is 37.4 Å². The SMILES string of the molecule is CCNP(=O)(O)N(CCCl)CCCl.NC1CCCCC1. The quantitative estimate of drug-likeness (QED) is 0.487. The normalized spacial score (nSPS) is 19.3. The van der Waals surface area contributed by atoms with Gasteiger partial charge >= 0.3 is 7.67 Å². The molecule has 20 heavy (non-hydrogen) atoms. The Balaban J connectivity index is 0.000000428. The van der Waals surface area contributed by atoms with Crippen LogP contribution < -0.4 is 10.8 Å². The van der Waals surface area contributed by atoms with Gasteiger partial charge in [0.15, 0.2) is 0 Å². The molecule has 1 rings (SSSR count). The van der Waals surface area contributed by atoms with Crippen molar-refractivity contribution in [3.8, 4) is 0 Å². The minimum Gasteiger partial charge on any atom is -0.328 e. The van der Waals surface area contributed by atoms with Crippen LogP contribution in [-0.2, 0) is 4.57 Å². The van der Waals surface area contributed by atoms with Gasteiger partial charge in [0.25, 0.3) is 0 Å². The first kappa shape index (κ1) is 20.6. The summed E-state index contributed by atoms with van der Waals surface area (Å²) >= 11 is 11.0. The van der Waals surface area contributed by atoms with Crippen molar-refractivity contribution in [3.05, 3.63) is 0 Å². The van der Waals surface area contributed by atoms with Crippen molar-refractivity contribution in [2.75, 3.05) is 31.4 Å². The molecule has 1 unspecified atom stereocenters. The Morgan fingerprint density at radius 1 is 1.25 bits per heavy atom. The van der Waals surface area contributed by atoms with Gasteiger partial charge in [0.1, 0.15) is 0 Å². The molecule has 0 aromatic heterocycles. The number of alkyl halides is 2. The summed E-state index contributed by atoms with van der Waals surface area (Å²) in [6.45, 7) is 2.92. The van der Waals surface area contributed by atoms with Crippen molar-refractivity contribution < 1.29 is 9.46 Å². The third-order valence-electron chi connectivity index (χ3n) is 3.08. The first-order valence-electron chi connectivity index (χ1n) is 7.18. The van der Waals surface area contributed by atoms with Crippen LogP contribution in [0.15, 0.2) is 0 Å². The monoisotopic (exact) mass is 347 g/mol. The van der Waals surface area contributed by atoms with Crippen LogP contribution in [0.1, 0.15) is 39.0 Å². The summed E-state index contributed by atoms with van der Waals surface area (Å²) in [6, 6.07) is 0.536. The number of hydrogen-bond donors (Lipinski definition) is 3. The molecule has 1 fully saturated rings. The molecule has 0 aromatic carbocycles. The summed E-state index contributed by atoms with van der Waals surface area (Å²) in [7, 11) is -3.42. The molecule has 0 aliphatic heterocycles. The van der Waals surface area contributed by atoms with Crippen molar-refractivity contribution in [3.63, 3.8) is 0 Å². The van der Waals surface area contributed by atoms with Gasteiger partial charge in [-0.1, -0.05) is 26.2 Å². The molecule has 0 spiro atoms. The fourth-order valence-electron chi connectivity index (χ4n) is 2.02. The van der Waals surface area contributed by atoms with E-state index in [4.69, 9.17) is 28.9 Å². The van der Waals surface area contributed by atoms with Crippen LogP contribution in [-0.4, -0.2) is 47.0 Å². The summed E-state index contributed by atoms with van der Waals surface area (Å²) in [6.07, 6.45) is 6.66. The molecule has 1 aliphatic rings. The molecule has 0 amide bonds. The summed E-state index contributed by atoms with van der Waals surface area (Å²) in [5, 5.41) is 2.51. The van der Waals surface area contributed by atoms with Crippen LogP contribution in [0.25, 0.3) is 0 Å². The fraction of sp³-hybridized carbons (Fsp3) is 1.00. The number of hydrogen-bond acceptors (Lipinski definition) is 2. The van der Waals surface area contributed by atoms with Crippen LogP contribution in [0.3, 0.4) is 0 Å². The first-order valence-corrected chi connectivity index (χ1v) is 9.87. The number of nitrogens with two attached hydrogens (primary N) is 1. The number of halogens is 2. The predicted octanol–water partition coefficient (Wildman–Crippen LogP) is 2.75. The van der Waals surface area contributed by atoms with E-state index in [2.05, 4.69) is 5.09 Å². The highest BCUT2D eigenvalue weighted by Crippen LogP contribution is 2.39.